The van der Waals surface area contributed by atoms with E-state index in [1.165, 1.54) is 23.1 Å². The molecular formula is C14H14. The molecule has 2 aliphatic rings. The van der Waals surface area contributed by atoms with Gasteiger partial charge in [-0.25, -0.2) is 0 Å². The monoisotopic (exact) mass is 182 g/mol. The van der Waals surface area contributed by atoms with Crippen molar-refractivity contribution >= 4 is 11.1 Å². The van der Waals surface area contributed by atoms with Crippen LogP contribution in [0.2, 0.25) is 0 Å². The van der Waals surface area contributed by atoms with Crippen molar-refractivity contribution in [1.82, 2.24) is 0 Å². The Labute approximate surface area is 85.0 Å². The van der Waals surface area contributed by atoms with Crippen LogP contribution in [0.15, 0.2) is 36.4 Å². The summed E-state index contributed by atoms with van der Waals surface area (Å²) < 4.78 is 0. The molecule has 2 aliphatic carbocycles. The van der Waals surface area contributed by atoms with Gasteiger partial charge in [-0.1, -0.05) is 50.3 Å². The Bertz CT molecular complexity index is 459. The van der Waals surface area contributed by atoms with Crippen LogP contribution in [0, 0.1) is 5.41 Å². The number of fused-ring (bicyclic) bond motifs is 3. The molecule has 0 fully saturated rings. The van der Waals surface area contributed by atoms with E-state index < -0.39 is 0 Å². The molecule has 0 unspecified atom stereocenters. The minimum atomic E-state index is 0.332. The molecule has 0 aliphatic heterocycles. The zero-order valence-electron chi connectivity index (χ0n) is 8.67. The quantitative estimate of drug-likeness (QED) is 0.571. The Kier molecular flexibility index (Phi) is 1.37. The van der Waals surface area contributed by atoms with E-state index in [0.29, 0.717) is 5.41 Å². The van der Waals surface area contributed by atoms with Crippen LogP contribution < -0.4 is 0 Å². The van der Waals surface area contributed by atoms with Crippen molar-refractivity contribution in [3.8, 4) is 0 Å². The van der Waals surface area contributed by atoms with E-state index in [9.17, 15) is 0 Å². The van der Waals surface area contributed by atoms with E-state index >= 15 is 0 Å². The summed E-state index contributed by atoms with van der Waals surface area (Å²) in [4.78, 5) is 0. The van der Waals surface area contributed by atoms with Crippen molar-refractivity contribution in [1.29, 1.82) is 0 Å². The van der Waals surface area contributed by atoms with Gasteiger partial charge in [-0.2, -0.15) is 0 Å². The van der Waals surface area contributed by atoms with Crippen molar-refractivity contribution in [2.24, 2.45) is 5.41 Å². The van der Waals surface area contributed by atoms with Crippen molar-refractivity contribution < 1.29 is 0 Å². The summed E-state index contributed by atoms with van der Waals surface area (Å²) in [6.07, 6.45) is 5.75. The van der Waals surface area contributed by atoms with Gasteiger partial charge in [0.2, 0.25) is 0 Å². The van der Waals surface area contributed by atoms with Crippen LogP contribution in [0.3, 0.4) is 0 Å². The van der Waals surface area contributed by atoms with E-state index in [1.54, 1.807) is 5.57 Å². The van der Waals surface area contributed by atoms with Crippen LogP contribution in [0.5, 0.6) is 0 Å². The highest BCUT2D eigenvalue weighted by molar-refractivity contribution is 6.10. The van der Waals surface area contributed by atoms with E-state index in [2.05, 4.69) is 50.3 Å². The minimum absolute atomic E-state index is 0.332. The standard InChI is InChI=1S/C14H14/c1-14(2)9-5-8-12-10-6-3-4-7-11(10)13(12)14/h3-8H,9H2,1-2H3. The SMILES string of the molecule is CC1(C)CC=CC2=C1c1ccccc12. The second-order valence-electron chi connectivity index (χ2n) is 4.82. The fourth-order valence-electron chi connectivity index (χ4n) is 2.63. The van der Waals surface area contributed by atoms with Gasteiger partial charge in [0.25, 0.3) is 0 Å². The third-order valence-corrected chi connectivity index (χ3v) is 3.35. The molecule has 0 atom stereocenters. The predicted octanol–water partition coefficient (Wildman–Crippen LogP) is 3.90. The average molecular weight is 182 g/mol. The van der Waals surface area contributed by atoms with Crippen molar-refractivity contribution in [2.45, 2.75) is 20.3 Å². The van der Waals surface area contributed by atoms with Crippen LogP contribution in [-0.2, 0) is 0 Å². The Morgan fingerprint density at radius 3 is 2.57 bits per heavy atom. The first-order chi connectivity index (χ1) is 6.70. The lowest BCUT2D eigenvalue weighted by Gasteiger charge is -2.39. The first kappa shape index (κ1) is 8.05. The highest BCUT2D eigenvalue weighted by Gasteiger charge is 2.36. The first-order valence-corrected chi connectivity index (χ1v) is 5.21. The second-order valence-corrected chi connectivity index (χ2v) is 4.82. The topological polar surface area (TPSA) is 0 Å². The number of hydrogen-bond donors (Lipinski definition) is 0. The van der Waals surface area contributed by atoms with Crippen LogP contribution in [0.4, 0.5) is 0 Å². The van der Waals surface area contributed by atoms with E-state index in [4.69, 9.17) is 0 Å². The summed E-state index contributed by atoms with van der Waals surface area (Å²) in [5.74, 6) is 0. The first-order valence-electron chi connectivity index (χ1n) is 5.21. The van der Waals surface area contributed by atoms with Crippen LogP contribution in [0.25, 0.3) is 11.1 Å². The van der Waals surface area contributed by atoms with E-state index in [1.807, 2.05) is 0 Å². The molecule has 3 rings (SSSR count). The zero-order valence-corrected chi connectivity index (χ0v) is 8.67. The summed E-state index contributed by atoms with van der Waals surface area (Å²) in [7, 11) is 0. The third-order valence-electron chi connectivity index (χ3n) is 3.35. The molecule has 70 valence electrons. The second kappa shape index (κ2) is 2.38. The number of rotatable bonds is 0. The molecule has 14 heavy (non-hydrogen) atoms. The molecule has 1 aromatic carbocycles. The average Bonchev–Trinajstić information content (AvgIpc) is 2.12. The molecule has 0 radical (unpaired) electrons. The number of benzene rings is 1. The zero-order chi connectivity index (χ0) is 9.76. The Hall–Kier alpha value is -1.30. The summed E-state index contributed by atoms with van der Waals surface area (Å²) in [5, 5.41) is 0. The molecule has 0 saturated heterocycles. The van der Waals surface area contributed by atoms with E-state index in [0.717, 1.165) is 0 Å². The van der Waals surface area contributed by atoms with Crippen LogP contribution >= 0.6 is 0 Å². The lowest BCUT2D eigenvalue weighted by Crippen LogP contribution is -2.23. The molecule has 0 heterocycles. The molecule has 0 N–H and O–H groups in total. The van der Waals surface area contributed by atoms with Gasteiger partial charge in [0, 0.05) is 0 Å². The van der Waals surface area contributed by atoms with Crippen molar-refractivity contribution in [3.05, 3.63) is 47.5 Å². The molecule has 1 aromatic rings. The van der Waals surface area contributed by atoms with Gasteiger partial charge in [-0.3, -0.25) is 0 Å². The normalized spacial score (nSPS) is 21.3. The Morgan fingerprint density at radius 2 is 1.79 bits per heavy atom. The maximum Gasteiger partial charge on any atom is -0.00567 e. The minimum Gasteiger partial charge on any atom is -0.0830 e. The fraction of sp³-hybridized carbons (Fsp3) is 0.286. The molecular weight excluding hydrogens is 168 g/mol. The summed E-state index contributed by atoms with van der Waals surface area (Å²) in [5.41, 5.74) is 6.27. The summed E-state index contributed by atoms with van der Waals surface area (Å²) >= 11 is 0. The maximum absolute atomic E-state index is 2.34. The third kappa shape index (κ3) is 0.836. The van der Waals surface area contributed by atoms with Gasteiger partial charge >= 0.3 is 0 Å². The highest BCUT2D eigenvalue weighted by atomic mass is 14.4. The van der Waals surface area contributed by atoms with Gasteiger partial charge < -0.3 is 0 Å². The Morgan fingerprint density at radius 1 is 1.07 bits per heavy atom. The van der Waals surface area contributed by atoms with Gasteiger partial charge in [0.05, 0.1) is 0 Å². The fourth-order valence-corrected chi connectivity index (χ4v) is 2.63. The number of hydrogen-bond acceptors (Lipinski definition) is 0. The van der Waals surface area contributed by atoms with Crippen LogP contribution in [0.1, 0.15) is 31.4 Å². The lowest BCUT2D eigenvalue weighted by atomic mass is 9.64. The van der Waals surface area contributed by atoms with Crippen molar-refractivity contribution in [3.63, 3.8) is 0 Å². The molecule has 0 heteroatoms. The molecule has 0 spiro atoms. The molecule has 0 aromatic heterocycles. The highest BCUT2D eigenvalue weighted by Crippen LogP contribution is 2.54. The summed E-state index contributed by atoms with van der Waals surface area (Å²) in [6.45, 7) is 4.67. The predicted molar refractivity (Wildman–Crippen MR) is 60.8 cm³/mol. The van der Waals surface area contributed by atoms with Gasteiger partial charge in [-0.15, -0.1) is 0 Å². The number of allylic oxidation sites excluding steroid dienone is 4. The van der Waals surface area contributed by atoms with Gasteiger partial charge in [0.15, 0.2) is 0 Å². The maximum atomic E-state index is 2.34. The molecule has 0 bridgehead atoms. The largest absolute Gasteiger partial charge is 0.0830 e. The van der Waals surface area contributed by atoms with Crippen LogP contribution in [-0.4, -0.2) is 0 Å². The summed E-state index contributed by atoms with van der Waals surface area (Å²) in [6, 6.07) is 8.73. The molecule has 0 saturated carbocycles. The van der Waals surface area contributed by atoms with Gasteiger partial charge in [-0.05, 0) is 34.1 Å². The molecule has 0 nitrogen and oxygen atoms in total. The Balaban J connectivity index is 2.21. The smallest absolute Gasteiger partial charge is 0.00567 e. The lowest BCUT2D eigenvalue weighted by molar-refractivity contribution is 0.504. The van der Waals surface area contributed by atoms with Gasteiger partial charge in [0.1, 0.15) is 0 Å². The van der Waals surface area contributed by atoms with Crippen molar-refractivity contribution in [2.75, 3.05) is 0 Å². The molecule has 0 amide bonds. The van der Waals surface area contributed by atoms with E-state index in [-0.39, 0.29) is 0 Å².